The second-order valence-corrected chi connectivity index (χ2v) is 7.02. The second-order valence-electron chi connectivity index (χ2n) is 7.02. The van der Waals surface area contributed by atoms with Gasteiger partial charge in [-0.05, 0) is 19.8 Å². The Morgan fingerprint density at radius 1 is 1.00 bits per heavy atom. The molecule has 0 aromatic heterocycles. The molecular formula is C17H29NO5. The largest absolute Gasteiger partial charge is 0.460 e. The van der Waals surface area contributed by atoms with Crippen molar-refractivity contribution >= 4 is 17.8 Å². The predicted molar refractivity (Wildman–Crippen MR) is 87.6 cm³/mol. The molecular weight excluding hydrogens is 298 g/mol. The smallest absolute Gasteiger partial charge is 0.331 e. The third kappa shape index (κ3) is 9.71. The molecule has 0 rings (SSSR count). The Balaban J connectivity index is 4.47. The quantitative estimate of drug-likeness (QED) is 0.573. The van der Waals surface area contributed by atoms with E-state index >= 15 is 0 Å². The van der Waals surface area contributed by atoms with E-state index in [4.69, 9.17) is 9.47 Å². The Bertz CT molecular complexity index is 446. The Kier molecular flexibility index (Phi) is 8.58. The molecule has 1 atom stereocenters. The van der Waals surface area contributed by atoms with E-state index < -0.39 is 17.4 Å². The molecule has 0 spiro atoms. The molecule has 0 unspecified atom stereocenters. The summed E-state index contributed by atoms with van der Waals surface area (Å²) in [5.74, 6) is -1.26. The van der Waals surface area contributed by atoms with E-state index in [-0.39, 0.29) is 30.6 Å². The van der Waals surface area contributed by atoms with Gasteiger partial charge in [0.25, 0.3) is 0 Å². The highest BCUT2D eigenvalue weighted by atomic mass is 16.5. The molecule has 6 nitrogen and oxygen atoms in total. The first kappa shape index (κ1) is 21.1. The van der Waals surface area contributed by atoms with Gasteiger partial charge in [0.15, 0.2) is 0 Å². The SMILES string of the molecule is CC(C)OC(=O)/C=C/C(=O)OC[C@@H](NC(=O)C(C)(C)C)C(C)C. The fraction of sp³-hybridized carbons (Fsp3) is 0.706. The fourth-order valence-electron chi connectivity index (χ4n) is 1.41. The zero-order valence-corrected chi connectivity index (χ0v) is 15.1. The Hall–Kier alpha value is -1.85. The van der Waals surface area contributed by atoms with Crippen LogP contribution in [0.1, 0.15) is 48.5 Å². The first-order chi connectivity index (χ1) is 10.4. The van der Waals surface area contributed by atoms with Crippen LogP contribution in [0.2, 0.25) is 0 Å². The lowest BCUT2D eigenvalue weighted by atomic mass is 9.94. The van der Waals surface area contributed by atoms with Crippen molar-refractivity contribution in [3.8, 4) is 0 Å². The summed E-state index contributed by atoms with van der Waals surface area (Å²) >= 11 is 0. The average molecular weight is 327 g/mol. The first-order valence-corrected chi connectivity index (χ1v) is 7.80. The molecule has 0 saturated heterocycles. The molecule has 0 aliphatic heterocycles. The van der Waals surface area contributed by atoms with Crippen LogP contribution >= 0.6 is 0 Å². The molecule has 23 heavy (non-hydrogen) atoms. The number of carbonyl (C=O) groups excluding carboxylic acids is 3. The number of rotatable bonds is 7. The normalized spacial score (nSPS) is 13.3. The van der Waals surface area contributed by atoms with Crippen LogP contribution in [-0.4, -0.2) is 36.6 Å². The minimum absolute atomic E-state index is 0.0435. The number of ether oxygens (including phenoxy) is 2. The zero-order chi connectivity index (χ0) is 18.2. The summed E-state index contributed by atoms with van der Waals surface area (Å²) in [7, 11) is 0. The minimum Gasteiger partial charge on any atom is -0.460 e. The van der Waals surface area contributed by atoms with Gasteiger partial charge in [-0.25, -0.2) is 9.59 Å². The third-order valence-corrected chi connectivity index (χ3v) is 2.91. The van der Waals surface area contributed by atoms with Gasteiger partial charge in [-0.1, -0.05) is 34.6 Å². The van der Waals surface area contributed by atoms with E-state index in [9.17, 15) is 14.4 Å². The molecule has 0 aromatic carbocycles. The van der Waals surface area contributed by atoms with Crippen molar-refractivity contribution in [2.24, 2.45) is 11.3 Å². The van der Waals surface area contributed by atoms with Gasteiger partial charge in [-0.3, -0.25) is 4.79 Å². The number of nitrogens with one attached hydrogen (secondary N) is 1. The standard InChI is InChI=1S/C17H29NO5/c1-11(2)13(18-16(21)17(5,6)7)10-22-14(19)8-9-15(20)23-12(3)4/h8-9,11-13H,10H2,1-7H3,(H,18,21)/b9-8+/t13-/m1/s1. The molecule has 0 aliphatic rings. The van der Waals surface area contributed by atoms with Crippen molar-refractivity contribution in [2.75, 3.05) is 6.61 Å². The van der Waals surface area contributed by atoms with Gasteiger partial charge in [-0.15, -0.1) is 0 Å². The summed E-state index contributed by atoms with van der Waals surface area (Å²) in [4.78, 5) is 34.9. The van der Waals surface area contributed by atoms with E-state index in [1.807, 2.05) is 34.6 Å². The molecule has 0 aliphatic carbocycles. The second kappa shape index (κ2) is 9.33. The molecule has 6 heteroatoms. The minimum atomic E-state index is -0.652. The molecule has 0 radical (unpaired) electrons. The lowest BCUT2D eigenvalue weighted by Crippen LogP contribution is -2.46. The van der Waals surface area contributed by atoms with Gasteiger partial charge >= 0.3 is 11.9 Å². The highest BCUT2D eigenvalue weighted by molar-refractivity contribution is 5.91. The van der Waals surface area contributed by atoms with Gasteiger partial charge in [-0.2, -0.15) is 0 Å². The summed E-state index contributed by atoms with van der Waals surface area (Å²) in [6.45, 7) is 12.8. The summed E-state index contributed by atoms with van der Waals surface area (Å²) in [5.41, 5.74) is -0.516. The van der Waals surface area contributed by atoms with E-state index in [0.717, 1.165) is 12.2 Å². The molecule has 0 aromatic rings. The maximum Gasteiger partial charge on any atom is 0.331 e. The number of hydrogen-bond acceptors (Lipinski definition) is 5. The lowest BCUT2D eigenvalue weighted by Gasteiger charge is -2.26. The zero-order valence-electron chi connectivity index (χ0n) is 15.1. The monoisotopic (exact) mass is 327 g/mol. The van der Waals surface area contributed by atoms with E-state index in [2.05, 4.69) is 5.32 Å². The molecule has 0 bridgehead atoms. The van der Waals surface area contributed by atoms with Crippen molar-refractivity contribution in [3.63, 3.8) is 0 Å². The number of esters is 2. The van der Waals surface area contributed by atoms with Crippen LogP contribution in [0.5, 0.6) is 0 Å². The van der Waals surface area contributed by atoms with Gasteiger partial charge in [0.2, 0.25) is 5.91 Å². The van der Waals surface area contributed by atoms with Crippen molar-refractivity contribution in [1.29, 1.82) is 0 Å². The van der Waals surface area contributed by atoms with Crippen LogP contribution in [0.4, 0.5) is 0 Å². The Morgan fingerprint density at radius 3 is 1.96 bits per heavy atom. The van der Waals surface area contributed by atoms with E-state index in [1.165, 1.54) is 0 Å². The Morgan fingerprint density at radius 2 is 1.52 bits per heavy atom. The number of amides is 1. The fourth-order valence-corrected chi connectivity index (χ4v) is 1.41. The van der Waals surface area contributed by atoms with Crippen molar-refractivity contribution in [3.05, 3.63) is 12.2 Å². The van der Waals surface area contributed by atoms with Gasteiger partial charge in [0.05, 0.1) is 12.1 Å². The van der Waals surface area contributed by atoms with E-state index in [0.29, 0.717) is 0 Å². The molecule has 132 valence electrons. The summed E-state index contributed by atoms with van der Waals surface area (Å²) in [6.07, 6.45) is 1.80. The van der Waals surface area contributed by atoms with Crippen LogP contribution in [0.3, 0.4) is 0 Å². The summed E-state index contributed by atoms with van der Waals surface area (Å²) in [5, 5.41) is 2.87. The van der Waals surface area contributed by atoms with Crippen LogP contribution in [-0.2, 0) is 23.9 Å². The molecule has 0 heterocycles. The van der Waals surface area contributed by atoms with Crippen LogP contribution in [0.15, 0.2) is 12.2 Å². The molecule has 0 fully saturated rings. The maximum atomic E-state index is 12.0. The van der Waals surface area contributed by atoms with E-state index in [1.54, 1.807) is 13.8 Å². The predicted octanol–water partition coefficient (Wildman–Crippen LogP) is 2.22. The van der Waals surface area contributed by atoms with Gasteiger partial charge < -0.3 is 14.8 Å². The third-order valence-electron chi connectivity index (χ3n) is 2.91. The van der Waals surface area contributed by atoms with Crippen LogP contribution in [0, 0.1) is 11.3 Å². The number of hydrogen-bond donors (Lipinski definition) is 1. The summed E-state index contributed by atoms with van der Waals surface area (Å²) in [6, 6.07) is -0.290. The van der Waals surface area contributed by atoms with Gasteiger partial charge in [0, 0.05) is 17.6 Å². The highest BCUT2D eigenvalue weighted by Gasteiger charge is 2.26. The van der Waals surface area contributed by atoms with Gasteiger partial charge in [0.1, 0.15) is 6.61 Å². The van der Waals surface area contributed by atoms with Crippen LogP contribution < -0.4 is 5.32 Å². The van der Waals surface area contributed by atoms with Crippen molar-refractivity contribution in [1.82, 2.24) is 5.32 Å². The highest BCUT2D eigenvalue weighted by Crippen LogP contribution is 2.14. The molecule has 0 saturated carbocycles. The molecule has 1 amide bonds. The summed E-state index contributed by atoms with van der Waals surface area (Å²) < 4.78 is 9.95. The Labute approximate surface area is 138 Å². The molecule has 1 N–H and O–H groups in total. The van der Waals surface area contributed by atoms with Crippen molar-refractivity contribution < 1.29 is 23.9 Å². The first-order valence-electron chi connectivity index (χ1n) is 7.80. The van der Waals surface area contributed by atoms with Crippen molar-refractivity contribution in [2.45, 2.75) is 60.6 Å². The van der Waals surface area contributed by atoms with Crippen LogP contribution in [0.25, 0.3) is 0 Å². The number of carbonyl (C=O) groups is 3. The topological polar surface area (TPSA) is 81.7 Å². The maximum absolute atomic E-state index is 12.0. The average Bonchev–Trinajstić information content (AvgIpc) is 2.38. The lowest BCUT2D eigenvalue weighted by molar-refractivity contribution is -0.143.